The molecule has 3 heteroatoms. The van der Waals surface area contributed by atoms with E-state index in [0.29, 0.717) is 5.33 Å². The summed E-state index contributed by atoms with van der Waals surface area (Å²) < 4.78 is 0. The minimum absolute atomic E-state index is 0. The average Bonchev–Trinajstić information content (AvgIpc) is 1.72. The van der Waals surface area contributed by atoms with Gasteiger partial charge in [-0.15, -0.1) is 15.9 Å². The Morgan fingerprint density at radius 3 is 1.86 bits per heavy atom. The Balaban J connectivity index is -0.0000000480. The zero-order valence-corrected chi connectivity index (χ0v) is 8.07. The SMILES string of the molecule is O=[C-]CBr.[C-]#C.[Y]. The van der Waals surface area contributed by atoms with Crippen molar-refractivity contribution in [1.29, 1.82) is 0 Å². The first-order valence-corrected chi connectivity index (χ1v) is 2.24. The van der Waals surface area contributed by atoms with Crippen molar-refractivity contribution in [3.05, 3.63) is 6.42 Å². The summed E-state index contributed by atoms with van der Waals surface area (Å²) in [5, 5.41) is 0.326. The number of alkyl halides is 1. The third-order valence-corrected chi connectivity index (χ3v) is 0.283. The third kappa shape index (κ3) is 48.0. The molecule has 0 aromatic carbocycles. The molecule has 0 atom stereocenters. The Labute approximate surface area is 77.3 Å². The van der Waals surface area contributed by atoms with Crippen LogP contribution in [0.25, 0.3) is 0 Å². The summed E-state index contributed by atoms with van der Waals surface area (Å²) >= 11 is 2.82. The van der Waals surface area contributed by atoms with Crippen molar-refractivity contribution < 1.29 is 37.5 Å². The van der Waals surface area contributed by atoms with Crippen molar-refractivity contribution >= 4 is 22.2 Å². The van der Waals surface area contributed by atoms with Gasteiger partial charge in [0.2, 0.25) is 0 Å². The van der Waals surface area contributed by atoms with Crippen LogP contribution in [0.15, 0.2) is 0 Å². The first kappa shape index (κ1) is 15.7. The zero-order chi connectivity index (χ0) is 5.41. The van der Waals surface area contributed by atoms with Crippen molar-refractivity contribution in [2.75, 3.05) is 5.33 Å². The Bertz CT molecular complexity index is 44.2. The molecule has 0 saturated heterocycles. The number of halogens is 1. The predicted molar refractivity (Wildman–Crippen MR) is 27.7 cm³/mol. The van der Waals surface area contributed by atoms with Gasteiger partial charge in [0.1, 0.15) is 0 Å². The molecule has 0 bridgehead atoms. The molecule has 0 saturated carbocycles. The van der Waals surface area contributed by atoms with E-state index in [1.807, 2.05) is 0 Å². The van der Waals surface area contributed by atoms with E-state index < -0.39 is 0 Å². The van der Waals surface area contributed by atoms with Crippen LogP contribution in [-0.4, -0.2) is 11.6 Å². The third-order valence-electron chi connectivity index (χ3n) is 0.0546. The van der Waals surface area contributed by atoms with E-state index in [0.717, 1.165) is 0 Å². The van der Waals surface area contributed by atoms with Crippen LogP contribution in [0, 0.1) is 12.8 Å². The first-order chi connectivity index (χ1) is 2.91. The number of rotatable bonds is 1. The molecule has 0 aromatic heterocycles. The summed E-state index contributed by atoms with van der Waals surface area (Å²) in [5.74, 6) is 0. The van der Waals surface area contributed by atoms with Crippen LogP contribution in [0.2, 0.25) is 0 Å². The van der Waals surface area contributed by atoms with Crippen LogP contribution in [0.4, 0.5) is 0 Å². The molecular formula is C4H3BrOY-2. The van der Waals surface area contributed by atoms with E-state index in [2.05, 4.69) is 22.4 Å². The molecule has 1 nitrogen and oxygen atoms in total. The number of hydrogen-bond acceptors (Lipinski definition) is 1. The van der Waals surface area contributed by atoms with Gasteiger partial charge in [0.25, 0.3) is 0 Å². The van der Waals surface area contributed by atoms with Gasteiger partial charge in [-0.25, -0.2) is 0 Å². The van der Waals surface area contributed by atoms with Gasteiger partial charge in [-0.3, -0.25) is 6.29 Å². The average molecular weight is 236 g/mol. The van der Waals surface area contributed by atoms with Crippen LogP contribution in [0.1, 0.15) is 0 Å². The maximum absolute atomic E-state index is 9.00. The minimum atomic E-state index is 0. The van der Waals surface area contributed by atoms with Gasteiger partial charge in [0.15, 0.2) is 0 Å². The van der Waals surface area contributed by atoms with Gasteiger partial charge in [-0.2, -0.15) is 0 Å². The quantitative estimate of drug-likeness (QED) is 0.372. The van der Waals surface area contributed by atoms with Crippen LogP contribution in [0.3, 0.4) is 0 Å². The van der Waals surface area contributed by atoms with Crippen LogP contribution >= 0.6 is 15.9 Å². The van der Waals surface area contributed by atoms with Crippen molar-refractivity contribution in [2.24, 2.45) is 0 Å². The van der Waals surface area contributed by atoms with E-state index in [4.69, 9.17) is 11.2 Å². The molecule has 0 aromatic rings. The first-order valence-electron chi connectivity index (χ1n) is 1.11. The van der Waals surface area contributed by atoms with E-state index in [1.54, 1.807) is 6.29 Å². The van der Waals surface area contributed by atoms with Gasteiger partial charge in [0.05, 0.1) is 0 Å². The van der Waals surface area contributed by atoms with Crippen molar-refractivity contribution in [2.45, 2.75) is 0 Å². The van der Waals surface area contributed by atoms with Crippen LogP contribution < -0.4 is 0 Å². The van der Waals surface area contributed by atoms with Gasteiger partial charge in [0, 0.05) is 32.7 Å². The smallest absolute Gasteiger partial charge is 0 e. The molecule has 0 fully saturated rings. The molecule has 0 aliphatic carbocycles. The number of carbonyl (C=O) groups excluding carboxylic acids is 1. The Hall–Kier alpha value is 0.814. The van der Waals surface area contributed by atoms with E-state index >= 15 is 0 Å². The molecule has 1 radical (unpaired) electrons. The summed E-state index contributed by atoms with van der Waals surface area (Å²) in [7, 11) is 0. The van der Waals surface area contributed by atoms with Crippen molar-refractivity contribution in [3.8, 4) is 6.42 Å². The van der Waals surface area contributed by atoms with Crippen molar-refractivity contribution in [3.63, 3.8) is 0 Å². The fourth-order valence-electron chi connectivity index (χ4n) is 0. The molecule has 0 heterocycles. The fraction of sp³-hybridized carbons (Fsp3) is 0.250. The predicted octanol–water partition coefficient (Wildman–Crippen LogP) is 0.694. The number of hydrogen-bond donors (Lipinski definition) is 0. The molecule has 0 aliphatic heterocycles. The second-order valence-corrected chi connectivity index (χ2v) is 0.839. The molecule has 0 aliphatic rings. The minimum Gasteiger partial charge on any atom is -0.697 e. The molecule has 0 unspecified atom stereocenters. The summed E-state index contributed by atoms with van der Waals surface area (Å²) in [6.45, 7) is 0. The number of terminal acetylenes is 1. The van der Waals surface area contributed by atoms with E-state index in [9.17, 15) is 0 Å². The molecule has 7 heavy (non-hydrogen) atoms. The van der Waals surface area contributed by atoms with Gasteiger partial charge in [-0.05, 0) is 0 Å². The largest absolute Gasteiger partial charge is 0.697 e. The van der Waals surface area contributed by atoms with E-state index in [1.165, 1.54) is 0 Å². The summed E-state index contributed by atoms with van der Waals surface area (Å²) in [6.07, 6.45) is 10.6. The standard InChI is InChI=1S/C2H2BrO.C2H.Y/c3-1-2-4;1-2;/h1H2;1H;/q2*-1;. The second kappa shape index (κ2) is 29.1. The molecule has 0 N–H and O–H groups in total. The molecule has 0 rings (SSSR count). The monoisotopic (exact) mass is 235 g/mol. The maximum Gasteiger partial charge on any atom is 0 e. The summed E-state index contributed by atoms with van der Waals surface area (Å²) in [6, 6.07) is 0. The van der Waals surface area contributed by atoms with Gasteiger partial charge >= 0.3 is 0 Å². The van der Waals surface area contributed by atoms with E-state index in [-0.39, 0.29) is 32.7 Å². The Morgan fingerprint density at radius 2 is 1.86 bits per heavy atom. The molecular weight excluding hydrogens is 233 g/mol. The fourth-order valence-corrected chi connectivity index (χ4v) is 0. The molecule has 37 valence electrons. The molecule has 0 amide bonds. The van der Waals surface area contributed by atoms with Crippen LogP contribution in [0.5, 0.6) is 0 Å². The summed E-state index contributed by atoms with van der Waals surface area (Å²) in [4.78, 5) is 9.00. The van der Waals surface area contributed by atoms with Gasteiger partial charge in [-0.1, -0.05) is 5.33 Å². The summed E-state index contributed by atoms with van der Waals surface area (Å²) in [5.41, 5.74) is 0. The maximum atomic E-state index is 9.00. The van der Waals surface area contributed by atoms with Crippen LogP contribution in [-0.2, 0) is 37.5 Å². The normalized spacial score (nSPS) is 3.86. The Kier molecular flexibility index (Phi) is 65.1. The van der Waals surface area contributed by atoms with Gasteiger partial charge < -0.3 is 17.6 Å². The molecule has 0 spiro atoms. The Morgan fingerprint density at radius 1 is 1.71 bits per heavy atom. The zero-order valence-electron chi connectivity index (χ0n) is 3.65. The topological polar surface area (TPSA) is 17.1 Å². The second-order valence-electron chi connectivity index (χ2n) is 0.278. The van der Waals surface area contributed by atoms with Crippen molar-refractivity contribution in [1.82, 2.24) is 0 Å².